The summed E-state index contributed by atoms with van der Waals surface area (Å²) in [5.74, 6) is -0.556. The third kappa shape index (κ3) is 4.49. The van der Waals surface area contributed by atoms with E-state index in [1.165, 1.54) is 23.5 Å². The van der Waals surface area contributed by atoms with Crippen molar-refractivity contribution < 1.29 is 14.0 Å². The highest BCUT2D eigenvalue weighted by molar-refractivity contribution is 7.11. The van der Waals surface area contributed by atoms with Crippen LogP contribution >= 0.6 is 11.3 Å². The number of nitrogens with zero attached hydrogens (tertiary/aromatic N) is 3. The first-order valence-corrected chi connectivity index (χ1v) is 11.0. The summed E-state index contributed by atoms with van der Waals surface area (Å²) in [4.78, 5) is 37.0. The van der Waals surface area contributed by atoms with Gasteiger partial charge >= 0.3 is 0 Å². The topological polar surface area (TPSA) is 75.2 Å². The van der Waals surface area contributed by atoms with Gasteiger partial charge in [-0.3, -0.25) is 14.6 Å². The first kappa shape index (κ1) is 21.1. The molecule has 160 valence electrons. The van der Waals surface area contributed by atoms with Crippen molar-refractivity contribution in [2.75, 3.05) is 6.54 Å². The van der Waals surface area contributed by atoms with Gasteiger partial charge in [-0.2, -0.15) is 0 Å². The minimum absolute atomic E-state index is 0.0110. The zero-order chi connectivity index (χ0) is 22.0. The third-order valence-electron chi connectivity index (χ3n) is 5.51. The van der Waals surface area contributed by atoms with Gasteiger partial charge in [0.05, 0.1) is 34.2 Å². The number of likely N-dealkylation sites (tertiary alicyclic amines) is 1. The lowest BCUT2D eigenvalue weighted by molar-refractivity contribution is 0.0736. The lowest BCUT2D eigenvalue weighted by Crippen LogP contribution is -2.31. The van der Waals surface area contributed by atoms with Crippen LogP contribution in [0.3, 0.4) is 0 Å². The summed E-state index contributed by atoms with van der Waals surface area (Å²) < 4.78 is 13.0. The molecule has 0 bridgehead atoms. The molecule has 1 N–H and O–H groups in total. The predicted octanol–water partition coefficient (Wildman–Crippen LogP) is 4.20. The summed E-state index contributed by atoms with van der Waals surface area (Å²) in [6.45, 7) is 4.63. The highest BCUT2D eigenvalue weighted by atomic mass is 32.1. The average Bonchev–Trinajstić information content (AvgIpc) is 3.42. The highest BCUT2D eigenvalue weighted by Crippen LogP contribution is 2.33. The molecule has 1 atom stereocenters. The molecule has 3 aromatic rings. The van der Waals surface area contributed by atoms with E-state index < -0.39 is 0 Å². The molecule has 31 heavy (non-hydrogen) atoms. The van der Waals surface area contributed by atoms with Crippen molar-refractivity contribution in [2.24, 2.45) is 0 Å². The number of nitrogens with one attached hydrogen (secondary N) is 1. The van der Waals surface area contributed by atoms with Crippen molar-refractivity contribution >= 4 is 23.2 Å². The first-order chi connectivity index (χ1) is 14.9. The largest absolute Gasteiger partial charge is 0.348 e. The number of hydrogen-bond donors (Lipinski definition) is 1. The van der Waals surface area contributed by atoms with Crippen molar-refractivity contribution in [1.82, 2.24) is 20.2 Å². The van der Waals surface area contributed by atoms with Crippen LogP contribution < -0.4 is 5.32 Å². The van der Waals surface area contributed by atoms with Crippen LogP contribution in [0.2, 0.25) is 0 Å². The number of hydrogen-bond acceptors (Lipinski definition) is 5. The Morgan fingerprint density at radius 3 is 2.61 bits per heavy atom. The van der Waals surface area contributed by atoms with Crippen molar-refractivity contribution in [1.29, 1.82) is 0 Å². The van der Waals surface area contributed by atoms with E-state index in [1.54, 1.807) is 30.6 Å². The van der Waals surface area contributed by atoms with Gasteiger partial charge in [0.1, 0.15) is 10.7 Å². The van der Waals surface area contributed by atoms with Gasteiger partial charge in [0.15, 0.2) is 0 Å². The molecule has 0 unspecified atom stereocenters. The van der Waals surface area contributed by atoms with Gasteiger partial charge in [0, 0.05) is 13.1 Å². The minimum atomic E-state index is -0.310. The van der Waals surface area contributed by atoms with Crippen LogP contribution in [0, 0.1) is 19.7 Å². The number of pyridine rings is 1. The fourth-order valence-corrected chi connectivity index (χ4v) is 4.60. The van der Waals surface area contributed by atoms with E-state index in [2.05, 4.69) is 15.3 Å². The number of benzene rings is 1. The Balaban J connectivity index is 1.47. The van der Waals surface area contributed by atoms with Crippen LogP contribution in [0.4, 0.5) is 4.39 Å². The van der Waals surface area contributed by atoms with Gasteiger partial charge in [-0.1, -0.05) is 12.1 Å². The molecule has 2 amide bonds. The molecule has 6 nitrogen and oxygen atoms in total. The monoisotopic (exact) mass is 438 g/mol. The number of halogens is 1. The van der Waals surface area contributed by atoms with Gasteiger partial charge in [0.25, 0.3) is 11.8 Å². The Kier molecular flexibility index (Phi) is 6.08. The zero-order valence-electron chi connectivity index (χ0n) is 17.4. The van der Waals surface area contributed by atoms with E-state index >= 15 is 0 Å². The normalized spacial score (nSPS) is 15.8. The Bertz CT molecular complexity index is 1110. The molecule has 0 saturated carbocycles. The molecule has 8 heteroatoms. The maximum atomic E-state index is 13.0. The van der Waals surface area contributed by atoms with Crippen molar-refractivity contribution in [3.63, 3.8) is 0 Å². The van der Waals surface area contributed by atoms with Crippen LogP contribution in [-0.4, -0.2) is 33.2 Å². The molecular formula is C23H23FN4O2S. The number of carbonyl (C=O) groups excluding carboxylic acids is 2. The number of rotatable bonds is 5. The maximum absolute atomic E-state index is 13.0. The van der Waals surface area contributed by atoms with Gasteiger partial charge in [0.2, 0.25) is 0 Å². The summed E-state index contributed by atoms with van der Waals surface area (Å²) in [6, 6.07) is 9.49. The molecule has 0 spiro atoms. The number of aromatic nitrogens is 2. The molecule has 1 saturated heterocycles. The Morgan fingerprint density at radius 2 is 1.94 bits per heavy atom. The third-order valence-corrected chi connectivity index (χ3v) is 6.43. The molecular weight excluding hydrogens is 415 g/mol. The van der Waals surface area contributed by atoms with E-state index in [9.17, 15) is 14.0 Å². The summed E-state index contributed by atoms with van der Waals surface area (Å²) in [5.41, 5.74) is 5.14. The second kappa shape index (κ2) is 8.93. The second-order valence-corrected chi connectivity index (χ2v) is 8.46. The van der Waals surface area contributed by atoms with Crippen molar-refractivity contribution in [3.05, 3.63) is 80.8 Å². The molecule has 0 aliphatic carbocycles. The Hall–Kier alpha value is -3.13. The van der Waals surface area contributed by atoms with Crippen LogP contribution in [0.5, 0.6) is 0 Å². The molecule has 2 aromatic heterocycles. The van der Waals surface area contributed by atoms with Gasteiger partial charge in [-0.15, -0.1) is 11.3 Å². The molecule has 4 rings (SSSR count). The quantitative estimate of drug-likeness (QED) is 0.648. The van der Waals surface area contributed by atoms with Crippen LogP contribution in [0.25, 0.3) is 0 Å². The number of carbonyl (C=O) groups is 2. The van der Waals surface area contributed by atoms with Crippen molar-refractivity contribution in [3.8, 4) is 0 Å². The lowest BCUT2D eigenvalue weighted by atomic mass is 10.1. The fraction of sp³-hybridized carbons (Fsp3) is 0.304. The Morgan fingerprint density at radius 1 is 1.16 bits per heavy atom. The zero-order valence-corrected chi connectivity index (χ0v) is 18.2. The smallest absolute Gasteiger partial charge is 0.266 e. The summed E-state index contributed by atoms with van der Waals surface area (Å²) in [5, 5.41) is 2.84. The predicted molar refractivity (Wildman–Crippen MR) is 116 cm³/mol. The maximum Gasteiger partial charge on any atom is 0.266 e. The fourth-order valence-electron chi connectivity index (χ4n) is 3.84. The lowest BCUT2D eigenvalue weighted by Gasteiger charge is -2.24. The molecule has 1 fully saturated rings. The summed E-state index contributed by atoms with van der Waals surface area (Å²) in [6.07, 6.45) is 1.75. The van der Waals surface area contributed by atoms with E-state index in [0.717, 1.165) is 29.8 Å². The summed E-state index contributed by atoms with van der Waals surface area (Å²) >= 11 is 1.36. The van der Waals surface area contributed by atoms with Gasteiger partial charge < -0.3 is 10.2 Å². The van der Waals surface area contributed by atoms with Crippen LogP contribution in [0.15, 0.2) is 41.9 Å². The molecule has 1 aliphatic heterocycles. The minimum Gasteiger partial charge on any atom is -0.348 e. The first-order valence-electron chi connectivity index (χ1n) is 10.2. The van der Waals surface area contributed by atoms with E-state index in [1.807, 2.05) is 17.9 Å². The van der Waals surface area contributed by atoms with E-state index in [4.69, 9.17) is 0 Å². The highest BCUT2D eigenvalue weighted by Gasteiger charge is 2.33. The summed E-state index contributed by atoms with van der Waals surface area (Å²) in [7, 11) is 0. The Labute approximate surface area is 184 Å². The van der Waals surface area contributed by atoms with E-state index in [0.29, 0.717) is 29.2 Å². The van der Waals surface area contributed by atoms with E-state index in [-0.39, 0.29) is 23.7 Å². The molecule has 0 radical (unpaired) electrons. The average molecular weight is 439 g/mol. The molecule has 3 heterocycles. The van der Waals surface area contributed by atoms with Crippen LogP contribution in [0.1, 0.15) is 61.6 Å². The molecule has 1 aromatic carbocycles. The van der Waals surface area contributed by atoms with Gasteiger partial charge in [-0.05, 0) is 56.5 Å². The number of aryl methyl sites for hydroxylation is 2. The number of thiazole rings is 1. The number of amides is 2. The SMILES string of the molecule is Cc1nc([C@@H]2CCCN2C(=O)c2scnc2C)ccc1C(=O)NCc1ccc(F)cc1. The molecule has 1 aliphatic rings. The van der Waals surface area contributed by atoms with Gasteiger partial charge in [-0.25, -0.2) is 9.37 Å². The van der Waals surface area contributed by atoms with Crippen LogP contribution in [-0.2, 0) is 6.54 Å². The second-order valence-electron chi connectivity index (χ2n) is 7.60. The van der Waals surface area contributed by atoms with Crippen molar-refractivity contribution in [2.45, 2.75) is 39.3 Å². The standard InChI is InChI=1S/C23H23FN4O2S/c1-14-18(22(29)25-12-16-5-7-17(24)8-6-16)9-10-19(27-14)20-4-3-11-28(20)23(30)21-15(2)26-13-31-21/h5-10,13,20H,3-4,11-12H2,1-2H3,(H,25,29)/t20-/m0/s1.